The number of amides is 1. The van der Waals surface area contributed by atoms with Crippen molar-refractivity contribution < 1.29 is 9.53 Å². The second kappa shape index (κ2) is 6.98. The number of alkyl carbamates (subject to hydrolysis) is 1. The average molecular weight is 323 g/mol. The molecule has 2 N–H and O–H groups in total. The Morgan fingerprint density at radius 2 is 1.87 bits per heavy atom. The molecule has 2 aliphatic carbocycles. The smallest absolute Gasteiger partial charge is 0.407 e. The van der Waals surface area contributed by atoms with Crippen molar-refractivity contribution in [2.24, 2.45) is 5.92 Å². The SMILES string of the molecule is CC(C)(C)OC(=O)NC1CCC(NCC2CCN(C3CC3)C2)C1. The summed E-state index contributed by atoms with van der Waals surface area (Å²) in [5, 5.41) is 6.75. The molecule has 132 valence electrons. The predicted molar refractivity (Wildman–Crippen MR) is 91.5 cm³/mol. The highest BCUT2D eigenvalue weighted by atomic mass is 16.6. The Kier molecular flexibility index (Phi) is 5.16. The summed E-state index contributed by atoms with van der Waals surface area (Å²) >= 11 is 0. The lowest BCUT2D eigenvalue weighted by molar-refractivity contribution is 0.0505. The van der Waals surface area contributed by atoms with E-state index in [1.54, 1.807) is 0 Å². The van der Waals surface area contributed by atoms with Crippen LogP contribution in [0.5, 0.6) is 0 Å². The van der Waals surface area contributed by atoms with E-state index in [0.29, 0.717) is 6.04 Å². The van der Waals surface area contributed by atoms with Crippen LogP contribution < -0.4 is 10.6 Å². The number of nitrogens with zero attached hydrogens (tertiary/aromatic N) is 1. The van der Waals surface area contributed by atoms with E-state index in [-0.39, 0.29) is 12.1 Å². The summed E-state index contributed by atoms with van der Waals surface area (Å²) < 4.78 is 5.34. The number of hydrogen-bond donors (Lipinski definition) is 2. The minimum Gasteiger partial charge on any atom is -0.444 e. The second-order valence-corrected chi connectivity index (χ2v) is 8.64. The van der Waals surface area contributed by atoms with Crippen molar-refractivity contribution in [1.29, 1.82) is 0 Å². The number of carbonyl (C=O) groups is 1. The fourth-order valence-electron chi connectivity index (χ4n) is 3.91. The van der Waals surface area contributed by atoms with Gasteiger partial charge in [-0.3, -0.25) is 0 Å². The average Bonchev–Trinajstić information content (AvgIpc) is 3.02. The molecule has 0 radical (unpaired) electrons. The van der Waals surface area contributed by atoms with Gasteiger partial charge in [-0.05, 0) is 78.3 Å². The molecule has 1 amide bonds. The summed E-state index contributed by atoms with van der Waals surface area (Å²) in [6.45, 7) is 9.41. The standard InChI is InChI=1S/C18H33N3O2/c1-18(2,3)23-17(22)20-15-5-4-14(10-15)19-11-13-8-9-21(12-13)16-6-7-16/h13-16,19H,4-12H2,1-3H3,(H,20,22). The Morgan fingerprint density at radius 1 is 1.13 bits per heavy atom. The van der Waals surface area contributed by atoms with E-state index < -0.39 is 5.60 Å². The Labute approximate surface area is 140 Å². The van der Waals surface area contributed by atoms with E-state index in [1.807, 2.05) is 20.8 Å². The molecule has 3 atom stereocenters. The molecule has 1 aliphatic heterocycles. The van der Waals surface area contributed by atoms with E-state index in [1.165, 1.54) is 32.4 Å². The largest absolute Gasteiger partial charge is 0.444 e. The number of rotatable bonds is 5. The Bertz CT molecular complexity index is 417. The van der Waals surface area contributed by atoms with Crippen molar-refractivity contribution in [3.63, 3.8) is 0 Å². The zero-order chi connectivity index (χ0) is 16.4. The maximum absolute atomic E-state index is 11.8. The highest BCUT2D eigenvalue weighted by Gasteiger charge is 2.35. The highest BCUT2D eigenvalue weighted by Crippen LogP contribution is 2.31. The lowest BCUT2D eigenvalue weighted by atomic mass is 10.1. The zero-order valence-electron chi connectivity index (χ0n) is 14.9. The first-order chi connectivity index (χ1) is 10.9. The normalized spacial score (nSPS) is 32.2. The van der Waals surface area contributed by atoms with Crippen LogP contribution >= 0.6 is 0 Å². The second-order valence-electron chi connectivity index (χ2n) is 8.64. The molecule has 0 aromatic heterocycles. The van der Waals surface area contributed by atoms with Crippen molar-refractivity contribution in [3.8, 4) is 0 Å². The summed E-state index contributed by atoms with van der Waals surface area (Å²) in [5.41, 5.74) is -0.420. The van der Waals surface area contributed by atoms with Crippen molar-refractivity contribution in [2.45, 2.75) is 83.0 Å². The van der Waals surface area contributed by atoms with Crippen molar-refractivity contribution in [1.82, 2.24) is 15.5 Å². The highest BCUT2D eigenvalue weighted by molar-refractivity contribution is 5.68. The molecule has 3 aliphatic rings. The molecule has 3 fully saturated rings. The van der Waals surface area contributed by atoms with Gasteiger partial charge in [-0.15, -0.1) is 0 Å². The Balaban J connectivity index is 1.31. The summed E-state index contributed by atoms with van der Waals surface area (Å²) in [7, 11) is 0. The van der Waals surface area contributed by atoms with E-state index >= 15 is 0 Å². The fraction of sp³-hybridized carbons (Fsp3) is 0.944. The molecule has 0 bridgehead atoms. The lowest BCUT2D eigenvalue weighted by Crippen LogP contribution is -2.39. The van der Waals surface area contributed by atoms with Gasteiger partial charge in [0.25, 0.3) is 0 Å². The van der Waals surface area contributed by atoms with Gasteiger partial charge in [0.1, 0.15) is 5.60 Å². The van der Waals surface area contributed by atoms with Gasteiger partial charge in [0, 0.05) is 24.7 Å². The maximum Gasteiger partial charge on any atom is 0.407 e. The maximum atomic E-state index is 11.8. The topological polar surface area (TPSA) is 53.6 Å². The van der Waals surface area contributed by atoms with Gasteiger partial charge >= 0.3 is 6.09 Å². The molecule has 3 unspecified atom stereocenters. The van der Waals surface area contributed by atoms with Crippen LogP contribution in [-0.4, -0.2) is 54.4 Å². The third-order valence-corrected chi connectivity index (χ3v) is 5.23. The van der Waals surface area contributed by atoms with Crippen LogP contribution in [0.4, 0.5) is 4.79 Å². The summed E-state index contributed by atoms with van der Waals surface area (Å²) in [5.74, 6) is 0.813. The summed E-state index contributed by atoms with van der Waals surface area (Å²) in [4.78, 5) is 14.5. The minimum absolute atomic E-state index is 0.258. The van der Waals surface area contributed by atoms with Gasteiger partial charge in [-0.25, -0.2) is 4.79 Å². The van der Waals surface area contributed by atoms with Gasteiger partial charge in [0.2, 0.25) is 0 Å². The molecule has 1 heterocycles. The van der Waals surface area contributed by atoms with Crippen LogP contribution in [0, 0.1) is 5.92 Å². The zero-order valence-corrected chi connectivity index (χ0v) is 14.9. The van der Waals surface area contributed by atoms with Crippen molar-refractivity contribution in [2.75, 3.05) is 19.6 Å². The van der Waals surface area contributed by atoms with E-state index in [2.05, 4.69) is 15.5 Å². The van der Waals surface area contributed by atoms with Gasteiger partial charge in [-0.1, -0.05) is 0 Å². The van der Waals surface area contributed by atoms with Crippen LogP contribution in [0.3, 0.4) is 0 Å². The van der Waals surface area contributed by atoms with Crippen LogP contribution in [0.25, 0.3) is 0 Å². The number of carbonyl (C=O) groups excluding carboxylic acids is 1. The molecule has 2 saturated carbocycles. The number of likely N-dealkylation sites (tertiary alicyclic amines) is 1. The first-order valence-corrected chi connectivity index (χ1v) is 9.36. The first-order valence-electron chi connectivity index (χ1n) is 9.36. The Hall–Kier alpha value is -0.810. The molecular formula is C18H33N3O2. The lowest BCUT2D eigenvalue weighted by Gasteiger charge is -2.22. The van der Waals surface area contributed by atoms with Gasteiger partial charge in [0.05, 0.1) is 0 Å². The van der Waals surface area contributed by atoms with Crippen LogP contribution in [0.2, 0.25) is 0 Å². The molecular weight excluding hydrogens is 290 g/mol. The molecule has 5 heteroatoms. The Morgan fingerprint density at radius 3 is 2.57 bits per heavy atom. The van der Waals surface area contributed by atoms with Crippen LogP contribution in [0.1, 0.15) is 59.3 Å². The molecule has 0 aromatic carbocycles. The minimum atomic E-state index is -0.420. The van der Waals surface area contributed by atoms with Crippen molar-refractivity contribution >= 4 is 6.09 Å². The summed E-state index contributed by atoms with van der Waals surface area (Å²) in [6.07, 6.45) is 7.13. The molecule has 23 heavy (non-hydrogen) atoms. The number of hydrogen-bond acceptors (Lipinski definition) is 4. The summed E-state index contributed by atoms with van der Waals surface area (Å²) in [6, 6.07) is 1.72. The number of ether oxygens (including phenoxy) is 1. The predicted octanol–water partition coefficient (Wildman–Crippen LogP) is 2.51. The van der Waals surface area contributed by atoms with E-state index in [4.69, 9.17) is 4.74 Å². The molecule has 0 aromatic rings. The van der Waals surface area contributed by atoms with Gasteiger partial charge in [0.15, 0.2) is 0 Å². The quantitative estimate of drug-likeness (QED) is 0.816. The molecule has 3 rings (SSSR count). The van der Waals surface area contributed by atoms with E-state index in [9.17, 15) is 4.79 Å². The van der Waals surface area contributed by atoms with Crippen LogP contribution in [0.15, 0.2) is 0 Å². The first kappa shape index (κ1) is 17.0. The van der Waals surface area contributed by atoms with Gasteiger partial charge in [-0.2, -0.15) is 0 Å². The van der Waals surface area contributed by atoms with Crippen LogP contribution in [-0.2, 0) is 4.74 Å². The monoisotopic (exact) mass is 323 g/mol. The molecule has 5 nitrogen and oxygen atoms in total. The van der Waals surface area contributed by atoms with E-state index in [0.717, 1.165) is 37.8 Å². The fourth-order valence-corrected chi connectivity index (χ4v) is 3.91. The third kappa shape index (κ3) is 5.35. The number of nitrogens with one attached hydrogen (secondary N) is 2. The third-order valence-electron chi connectivity index (χ3n) is 5.23. The molecule has 1 saturated heterocycles. The van der Waals surface area contributed by atoms with Crippen molar-refractivity contribution in [3.05, 3.63) is 0 Å². The molecule has 0 spiro atoms. The van der Waals surface area contributed by atoms with Gasteiger partial charge < -0.3 is 20.3 Å².